The highest BCUT2D eigenvalue weighted by atomic mass is 32.2. The van der Waals surface area contributed by atoms with E-state index in [-0.39, 0.29) is 18.2 Å². The van der Waals surface area contributed by atoms with E-state index < -0.39 is 10.0 Å². The Hall–Kier alpha value is -2.68. The molecule has 1 saturated heterocycles. The van der Waals surface area contributed by atoms with Crippen LogP contribution in [0, 0.1) is 0 Å². The number of sulfonamides is 1. The van der Waals surface area contributed by atoms with Crippen LogP contribution in [0.3, 0.4) is 0 Å². The van der Waals surface area contributed by atoms with E-state index in [1.807, 2.05) is 12.1 Å². The molecule has 9 heteroatoms. The minimum Gasteiger partial charge on any atom is -0.357 e. The van der Waals surface area contributed by atoms with Gasteiger partial charge in [0.2, 0.25) is 0 Å². The van der Waals surface area contributed by atoms with Gasteiger partial charge in [0.05, 0.1) is 23.2 Å². The van der Waals surface area contributed by atoms with Gasteiger partial charge in [-0.3, -0.25) is 4.79 Å². The topological polar surface area (TPSA) is 95.0 Å². The second-order valence-corrected chi connectivity index (χ2v) is 8.51. The summed E-state index contributed by atoms with van der Waals surface area (Å²) in [5.41, 5.74) is 1.06. The minimum absolute atomic E-state index is 0.0579. The highest BCUT2D eigenvalue weighted by molar-refractivity contribution is 7.90. The number of aromatic nitrogens is 1. The summed E-state index contributed by atoms with van der Waals surface area (Å²) < 4.78 is 26.8. The van der Waals surface area contributed by atoms with Crippen molar-refractivity contribution in [3.05, 3.63) is 42.3 Å². The van der Waals surface area contributed by atoms with E-state index in [0.29, 0.717) is 17.1 Å². The van der Waals surface area contributed by atoms with E-state index in [9.17, 15) is 13.2 Å². The van der Waals surface area contributed by atoms with Gasteiger partial charge in [-0.1, -0.05) is 0 Å². The molecule has 0 aromatic carbocycles. The molecule has 0 aliphatic carbocycles. The number of hydrogen-bond acceptors (Lipinski definition) is 6. The smallest absolute Gasteiger partial charge is 0.257 e. The summed E-state index contributed by atoms with van der Waals surface area (Å²) in [6.07, 6.45) is 10.0. The number of carbonyl (C=O) groups is 1. The van der Waals surface area contributed by atoms with E-state index in [4.69, 9.17) is 0 Å². The van der Waals surface area contributed by atoms with Gasteiger partial charge < -0.3 is 15.1 Å². The lowest BCUT2D eigenvalue weighted by molar-refractivity contribution is -0.112. The van der Waals surface area contributed by atoms with Crippen molar-refractivity contribution in [2.45, 2.75) is 19.3 Å². The summed E-state index contributed by atoms with van der Waals surface area (Å²) in [5.74, 6) is 0.939. The van der Waals surface area contributed by atoms with Gasteiger partial charge in [0, 0.05) is 25.8 Å². The van der Waals surface area contributed by atoms with Gasteiger partial charge in [-0.05, 0) is 43.5 Å². The summed E-state index contributed by atoms with van der Waals surface area (Å²) in [6, 6.07) is 3.77. The molecule has 1 aromatic heterocycles. The van der Waals surface area contributed by atoms with Crippen molar-refractivity contribution >= 4 is 33.3 Å². The Morgan fingerprint density at radius 2 is 1.89 bits per heavy atom. The van der Waals surface area contributed by atoms with Crippen molar-refractivity contribution in [2.75, 3.05) is 35.6 Å². The molecule has 1 amide bonds. The van der Waals surface area contributed by atoms with E-state index in [1.165, 1.54) is 19.3 Å². The zero-order chi connectivity index (χ0) is 18.9. The van der Waals surface area contributed by atoms with Crippen LogP contribution < -0.4 is 10.2 Å². The third-order valence-corrected chi connectivity index (χ3v) is 5.94. The Bertz CT molecular complexity index is 928. The molecular formula is C18H21N5O3S. The molecule has 0 bridgehead atoms. The standard InChI is InChI=1S/C18H21N5O3S/c24-18(14-4-6-17-21-27(25,26)11-10-23(17)13-14)20-15-5-7-16(19-12-15)22-8-2-1-3-9-22/h4-7,12-13H,1-3,8-11H2,(H,20,24). The maximum Gasteiger partial charge on any atom is 0.257 e. The SMILES string of the molecule is O=C(Nc1ccc(N2CCCCC2)nc1)C1=CN2CCS(=O)(=O)N=C2C=C1. The number of amides is 1. The Labute approximate surface area is 158 Å². The fraction of sp³-hybridized carbons (Fsp3) is 0.389. The van der Waals surface area contributed by atoms with Gasteiger partial charge in [-0.2, -0.15) is 0 Å². The molecule has 142 valence electrons. The fourth-order valence-corrected chi connectivity index (χ4v) is 4.28. The molecule has 3 aliphatic rings. The number of amidine groups is 1. The van der Waals surface area contributed by atoms with Gasteiger partial charge in [0.1, 0.15) is 11.7 Å². The Morgan fingerprint density at radius 3 is 2.63 bits per heavy atom. The van der Waals surface area contributed by atoms with Crippen molar-refractivity contribution < 1.29 is 13.2 Å². The van der Waals surface area contributed by atoms with E-state index in [1.54, 1.807) is 29.4 Å². The molecule has 4 heterocycles. The van der Waals surface area contributed by atoms with E-state index in [2.05, 4.69) is 19.6 Å². The number of carbonyl (C=O) groups excluding carboxylic acids is 1. The van der Waals surface area contributed by atoms with Crippen LogP contribution in [0.25, 0.3) is 0 Å². The normalized spacial score (nSPS) is 21.2. The number of anilines is 2. The minimum atomic E-state index is -3.40. The number of fused-ring (bicyclic) bond motifs is 1. The quantitative estimate of drug-likeness (QED) is 0.845. The zero-order valence-electron chi connectivity index (χ0n) is 14.8. The van der Waals surface area contributed by atoms with Gasteiger partial charge in [-0.15, -0.1) is 4.40 Å². The van der Waals surface area contributed by atoms with Crippen LogP contribution in [-0.2, 0) is 14.8 Å². The third-order valence-electron chi connectivity index (χ3n) is 4.77. The van der Waals surface area contributed by atoms with Gasteiger partial charge in [0.15, 0.2) is 0 Å². The van der Waals surface area contributed by atoms with Crippen molar-refractivity contribution in [3.63, 3.8) is 0 Å². The fourth-order valence-electron chi connectivity index (χ4n) is 3.31. The number of rotatable bonds is 3. The predicted octanol–water partition coefficient (Wildman–Crippen LogP) is 1.51. The molecule has 1 aromatic rings. The number of piperidine rings is 1. The molecule has 0 unspecified atom stereocenters. The molecule has 8 nitrogen and oxygen atoms in total. The van der Waals surface area contributed by atoms with Crippen LogP contribution in [0.5, 0.6) is 0 Å². The summed E-state index contributed by atoms with van der Waals surface area (Å²) in [6.45, 7) is 2.33. The first-order valence-electron chi connectivity index (χ1n) is 9.02. The largest absolute Gasteiger partial charge is 0.357 e. The van der Waals surface area contributed by atoms with Crippen LogP contribution in [-0.4, -0.2) is 55.4 Å². The van der Waals surface area contributed by atoms with Crippen LogP contribution in [0.2, 0.25) is 0 Å². The Balaban J connectivity index is 1.42. The zero-order valence-corrected chi connectivity index (χ0v) is 15.7. The van der Waals surface area contributed by atoms with Crippen LogP contribution in [0.15, 0.2) is 46.7 Å². The van der Waals surface area contributed by atoms with Crippen LogP contribution in [0.1, 0.15) is 19.3 Å². The maximum atomic E-state index is 12.5. The number of nitrogens with one attached hydrogen (secondary N) is 1. The lowest BCUT2D eigenvalue weighted by atomic mass is 10.1. The molecule has 0 radical (unpaired) electrons. The predicted molar refractivity (Wildman–Crippen MR) is 104 cm³/mol. The van der Waals surface area contributed by atoms with Gasteiger partial charge in [-0.25, -0.2) is 13.4 Å². The molecule has 0 saturated carbocycles. The first-order chi connectivity index (χ1) is 13.0. The van der Waals surface area contributed by atoms with Crippen molar-refractivity contribution in [3.8, 4) is 0 Å². The summed E-state index contributed by atoms with van der Waals surface area (Å²) >= 11 is 0. The van der Waals surface area contributed by atoms with E-state index in [0.717, 1.165) is 18.9 Å². The molecule has 0 spiro atoms. The molecule has 0 atom stereocenters. The lowest BCUT2D eigenvalue weighted by Crippen LogP contribution is -2.37. The molecule has 1 N–H and O–H groups in total. The first kappa shape index (κ1) is 17.7. The maximum absolute atomic E-state index is 12.5. The lowest BCUT2D eigenvalue weighted by Gasteiger charge is -2.28. The molecule has 27 heavy (non-hydrogen) atoms. The Kier molecular flexibility index (Phi) is 4.69. The monoisotopic (exact) mass is 387 g/mol. The summed E-state index contributed by atoms with van der Waals surface area (Å²) in [5, 5.41) is 2.83. The Morgan fingerprint density at radius 1 is 1.07 bits per heavy atom. The molecule has 4 rings (SSSR count). The second-order valence-electron chi connectivity index (χ2n) is 6.75. The molecular weight excluding hydrogens is 366 g/mol. The number of nitrogens with zero attached hydrogens (tertiary/aromatic N) is 4. The second kappa shape index (κ2) is 7.15. The van der Waals surface area contributed by atoms with Crippen molar-refractivity contribution in [1.82, 2.24) is 9.88 Å². The van der Waals surface area contributed by atoms with Crippen molar-refractivity contribution in [2.24, 2.45) is 4.40 Å². The number of pyridine rings is 1. The van der Waals surface area contributed by atoms with Crippen LogP contribution >= 0.6 is 0 Å². The van der Waals surface area contributed by atoms with E-state index >= 15 is 0 Å². The molecule has 1 fully saturated rings. The van der Waals surface area contributed by atoms with Crippen LogP contribution in [0.4, 0.5) is 11.5 Å². The average Bonchev–Trinajstić information content (AvgIpc) is 2.68. The number of hydrogen-bond donors (Lipinski definition) is 1. The first-order valence-corrected chi connectivity index (χ1v) is 10.6. The van der Waals surface area contributed by atoms with Gasteiger partial charge in [0.25, 0.3) is 15.9 Å². The third kappa shape index (κ3) is 4.02. The summed E-state index contributed by atoms with van der Waals surface area (Å²) in [4.78, 5) is 20.9. The summed E-state index contributed by atoms with van der Waals surface area (Å²) in [7, 11) is -3.40. The highest BCUT2D eigenvalue weighted by Crippen LogP contribution is 2.20. The van der Waals surface area contributed by atoms with Crippen molar-refractivity contribution in [1.29, 1.82) is 0 Å². The van der Waals surface area contributed by atoms with Gasteiger partial charge >= 0.3 is 0 Å². The average molecular weight is 387 g/mol. The highest BCUT2D eigenvalue weighted by Gasteiger charge is 2.25. The molecule has 3 aliphatic heterocycles.